The lowest BCUT2D eigenvalue weighted by Gasteiger charge is -2.05. The molecule has 0 unspecified atom stereocenters. The number of nitrogens with zero attached hydrogens (tertiary/aromatic N) is 2. The van der Waals surface area contributed by atoms with Gasteiger partial charge in [0.25, 0.3) is 5.91 Å². The molecular weight excluding hydrogens is 329 g/mol. The molecule has 0 aliphatic carbocycles. The summed E-state index contributed by atoms with van der Waals surface area (Å²) in [6.45, 7) is 0.599. The number of aromatic nitrogens is 2. The Bertz CT molecular complexity index is 863. The highest BCUT2D eigenvalue weighted by Crippen LogP contribution is 2.16. The molecule has 6 heteroatoms. The number of rotatable bonds is 5. The van der Waals surface area contributed by atoms with Crippen LogP contribution in [0.15, 0.2) is 60.9 Å². The Hall–Kier alpha value is -2.66. The van der Waals surface area contributed by atoms with Crippen molar-refractivity contribution in [3.63, 3.8) is 0 Å². The normalized spacial score (nSPS) is 10.6. The molecule has 1 N–H and O–H groups in total. The van der Waals surface area contributed by atoms with E-state index in [-0.39, 0.29) is 18.3 Å². The maximum Gasteiger partial charge on any atom is 0.254 e. The van der Waals surface area contributed by atoms with Gasteiger partial charge in [0.2, 0.25) is 0 Å². The van der Waals surface area contributed by atoms with Gasteiger partial charge in [-0.15, -0.1) is 0 Å². The first-order chi connectivity index (χ1) is 11.6. The smallest absolute Gasteiger partial charge is 0.254 e. The van der Waals surface area contributed by atoms with Crippen LogP contribution in [0.25, 0.3) is 0 Å². The quantitative estimate of drug-likeness (QED) is 0.768. The van der Waals surface area contributed by atoms with E-state index in [9.17, 15) is 9.18 Å². The van der Waals surface area contributed by atoms with E-state index in [4.69, 9.17) is 11.6 Å². The minimum absolute atomic E-state index is 0.126. The number of carbonyl (C=O) groups is 1. The van der Waals surface area contributed by atoms with Gasteiger partial charge in [0, 0.05) is 23.3 Å². The summed E-state index contributed by atoms with van der Waals surface area (Å²) in [6, 6.07) is 13.8. The van der Waals surface area contributed by atoms with E-state index in [0.29, 0.717) is 22.7 Å². The summed E-state index contributed by atoms with van der Waals surface area (Å²) in [5.41, 5.74) is 1.77. The molecule has 4 nitrogen and oxygen atoms in total. The highest BCUT2D eigenvalue weighted by atomic mass is 35.5. The van der Waals surface area contributed by atoms with Crippen molar-refractivity contribution in [3.8, 4) is 0 Å². The number of hydrogen-bond donors (Lipinski definition) is 1. The van der Waals surface area contributed by atoms with Gasteiger partial charge in [0.1, 0.15) is 5.82 Å². The van der Waals surface area contributed by atoms with Crippen molar-refractivity contribution in [2.45, 2.75) is 13.1 Å². The van der Waals surface area contributed by atoms with Crippen molar-refractivity contribution < 1.29 is 9.18 Å². The Balaban J connectivity index is 1.64. The summed E-state index contributed by atoms with van der Waals surface area (Å²) in [5.74, 6) is -0.643. The fraction of sp³-hybridized carbons (Fsp3) is 0.111. The van der Waals surface area contributed by atoms with Crippen LogP contribution >= 0.6 is 11.6 Å². The fourth-order valence-electron chi connectivity index (χ4n) is 2.29. The Kier molecular flexibility index (Phi) is 4.91. The molecule has 0 aliphatic heterocycles. The van der Waals surface area contributed by atoms with Gasteiger partial charge in [-0.05, 0) is 17.7 Å². The van der Waals surface area contributed by atoms with Crippen LogP contribution in [0.5, 0.6) is 0 Å². The van der Waals surface area contributed by atoms with Crippen LogP contribution in [-0.2, 0) is 13.1 Å². The fourth-order valence-corrected chi connectivity index (χ4v) is 2.48. The minimum atomic E-state index is -0.341. The van der Waals surface area contributed by atoms with Crippen molar-refractivity contribution in [1.29, 1.82) is 0 Å². The van der Waals surface area contributed by atoms with Gasteiger partial charge in [-0.25, -0.2) is 4.39 Å². The minimum Gasteiger partial charge on any atom is -0.348 e. The van der Waals surface area contributed by atoms with E-state index in [1.54, 1.807) is 29.1 Å². The van der Waals surface area contributed by atoms with Crippen molar-refractivity contribution in [2.24, 2.45) is 0 Å². The summed E-state index contributed by atoms with van der Waals surface area (Å²) in [4.78, 5) is 12.1. The lowest BCUT2D eigenvalue weighted by atomic mass is 10.2. The average molecular weight is 344 g/mol. The molecule has 24 heavy (non-hydrogen) atoms. The second kappa shape index (κ2) is 7.27. The zero-order valence-corrected chi connectivity index (χ0v) is 13.5. The van der Waals surface area contributed by atoms with Crippen LogP contribution in [0.4, 0.5) is 4.39 Å². The maximum atomic E-state index is 13.5. The van der Waals surface area contributed by atoms with Gasteiger partial charge in [0.05, 0.1) is 18.3 Å². The van der Waals surface area contributed by atoms with Gasteiger partial charge in [-0.2, -0.15) is 5.10 Å². The number of nitrogens with one attached hydrogen (secondary N) is 1. The third kappa shape index (κ3) is 3.81. The van der Waals surface area contributed by atoms with Gasteiger partial charge in [-0.3, -0.25) is 9.48 Å². The Labute approximate surface area is 143 Å². The molecule has 3 rings (SSSR count). The van der Waals surface area contributed by atoms with E-state index in [1.807, 2.05) is 24.3 Å². The molecule has 3 aromatic rings. The molecule has 2 aromatic carbocycles. The molecule has 1 aromatic heterocycles. The summed E-state index contributed by atoms with van der Waals surface area (Å²) in [6.07, 6.45) is 3.12. The first kappa shape index (κ1) is 16.2. The van der Waals surface area contributed by atoms with Crippen LogP contribution < -0.4 is 5.32 Å². The van der Waals surface area contributed by atoms with Gasteiger partial charge >= 0.3 is 0 Å². The number of amides is 1. The van der Waals surface area contributed by atoms with Gasteiger partial charge in [0.15, 0.2) is 0 Å². The molecule has 122 valence electrons. The molecule has 0 saturated carbocycles. The van der Waals surface area contributed by atoms with Crippen LogP contribution in [0.3, 0.4) is 0 Å². The highest BCUT2D eigenvalue weighted by molar-refractivity contribution is 6.31. The summed E-state index contributed by atoms with van der Waals surface area (Å²) >= 11 is 6.12. The number of hydrogen-bond acceptors (Lipinski definition) is 2. The maximum absolute atomic E-state index is 13.5. The number of carbonyl (C=O) groups excluding carboxylic acids is 1. The second-order valence-corrected chi connectivity index (χ2v) is 5.70. The lowest BCUT2D eigenvalue weighted by molar-refractivity contribution is 0.0950. The second-order valence-electron chi connectivity index (χ2n) is 5.29. The van der Waals surface area contributed by atoms with E-state index in [2.05, 4.69) is 10.4 Å². The molecule has 1 heterocycles. The third-order valence-electron chi connectivity index (χ3n) is 3.58. The molecule has 1 amide bonds. The standard InChI is InChI=1S/C18H15ClFN3O/c19-16-7-3-1-6-14(16)11-23-12-15(10-22-23)18(24)21-9-13-5-2-4-8-17(13)20/h1-8,10,12H,9,11H2,(H,21,24). The third-order valence-corrected chi connectivity index (χ3v) is 3.95. The lowest BCUT2D eigenvalue weighted by Crippen LogP contribution is -2.22. The van der Waals surface area contributed by atoms with Crippen molar-refractivity contribution in [3.05, 3.63) is 88.5 Å². The number of benzene rings is 2. The van der Waals surface area contributed by atoms with E-state index in [1.165, 1.54) is 12.3 Å². The molecule has 0 saturated heterocycles. The number of halogens is 2. The monoisotopic (exact) mass is 343 g/mol. The first-order valence-corrected chi connectivity index (χ1v) is 7.79. The summed E-state index contributed by atoms with van der Waals surface area (Å²) in [5, 5.41) is 7.51. The molecule has 0 fully saturated rings. The van der Waals surface area contributed by atoms with Crippen molar-refractivity contribution in [1.82, 2.24) is 15.1 Å². The first-order valence-electron chi connectivity index (χ1n) is 7.41. The Morgan fingerprint density at radius 2 is 1.83 bits per heavy atom. The topological polar surface area (TPSA) is 46.9 Å². The average Bonchev–Trinajstić information content (AvgIpc) is 3.05. The Morgan fingerprint density at radius 3 is 2.58 bits per heavy atom. The van der Waals surface area contributed by atoms with E-state index >= 15 is 0 Å². The molecule has 0 spiro atoms. The van der Waals surface area contributed by atoms with Crippen LogP contribution in [-0.4, -0.2) is 15.7 Å². The SMILES string of the molecule is O=C(NCc1ccccc1F)c1cnn(Cc2ccccc2Cl)c1. The zero-order valence-electron chi connectivity index (χ0n) is 12.7. The molecule has 0 aliphatic rings. The van der Waals surface area contributed by atoms with Crippen LogP contribution in [0.2, 0.25) is 5.02 Å². The molecular formula is C18H15ClFN3O. The predicted molar refractivity (Wildman–Crippen MR) is 90.4 cm³/mol. The van der Waals surface area contributed by atoms with Gasteiger partial charge in [-0.1, -0.05) is 48.0 Å². The van der Waals surface area contributed by atoms with Crippen LogP contribution in [0.1, 0.15) is 21.5 Å². The van der Waals surface area contributed by atoms with E-state index in [0.717, 1.165) is 5.56 Å². The predicted octanol–water partition coefficient (Wildman–Crippen LogP) is 3.65. The molecule has 0 bridgehead atoms. The molecule has 0 atom stereocenters. The van der Waals surface area contributed by atoms with Crippen molar-refractivity contribution in [2.75, 3.05) is 0 Å². The zero-order chi connectivity index (χ0) is 16.9. The molecule has 0 radical (unpaired) electrons. The summed E-state index contributed by atoms with van der Waals surface area (Å²) < 4.78 is 15.2. The van der Waals surface area contributed by atoms with Crippen LogP contribution in [0, 0.1) is 5.82 Å². The Morgan fingerprint density at radius 1 is 1.12 bits per heavy atom. The summed E-state index contributed by atoms with van der Waals surface area (Å²) in [7, 11) is 0. The van der Waals surface area contributed by atoms with Gasteiger partial charge < -0.3 is 5.32 Å². The largest absolute Gasteiger partial charge is 0.348 e. The highest BCUT2D eigenvalue weighted by Gasteiger charge is 2.10. The van der Waals surface area contributed by atoms with E-state index < -0.39 is 0 Å². The van der Waals surface area contributed by atoms with Crippen molar-refractivity contribution >= 4 is 17.5 Å².